The Balaban J connectivity index is 0.00000392. The largest absolute Gasteiger partial charge is 0.497 e. The quantitative estimate of drug-likeness (QED) is 0.347. The van der Waals surface area contributed by atoms with E-state index in [-0.39, 0.29) is 42.2 Å². The molecule has 0 spiro atoms. The van der Waals surface area contributed by atoms with Gasteiger partial charge in [0, 0.05) is 25.8 Å². The van der Waals surface area contributed by atoms with Crippen LogP contribution in [0.1, 0.15) is 12.5 Å². The Morgan fingerprint density at radius 3 is 2.36 bits per heavy atom. The van der Waals surface area contributed by atoms with E-state index in [1.807, 2.05) is 43.1 Å². The smallest absolute Gasteiger partial charge is 0.246 e. The highest BCUT2D eigenvalue weighted by Crippen LogP contribution is 2.12. The van der Waals surface area contributed by atoms with Crippen LogP contribution in [0.4, 0.5) is 10.1 Å². The molecule has 0 aromatic heterocycles. The zero-order valence-corrected chi connectivity index (χ0v) is 18.6. The number of amides is 1. The van der Waals surface area contributed by atoms with E-state index in [9.17, 15) is 9.18 Å². The SMILES string of the molecule is CCNC(=NCC(=O)Nc1ccc(F)cc1)N(C)Cc1ccc(OC)cc1.I. The van der Waals surface area contributed by atoms with Gasteiger partial charge < -0.3 is 20.3 Å². The summed E-state index contributed by atoms with van der Waals surface area (Å²) in [7, 11) is 3.54. The highest BCUT2D eigenvalue weighted by Gasteiger charge is 2.09. The number of carbonyl (C=O) groups excluding carboxylic acids is 1. The molecule has 0 aliphatic carbocycles. The number of carbonyl (C=O) groups is 1. The number of nitrogens with one attached hydrogen (secondary N) is 2. The third-order valence-corrected chi connectivity index (χ3v) is 3.78. The van der Waals surface area contributed by atoms with Crippen LogP contribution in [0.15, 0.2) is 53.5 Å². The van der Waals surface area contributed by atoms with E-state index < -0.39 is 0 Å². The molecule has 2 aromatic rings. The van der Waals surface area contributed by atoms with E-state index >= 15 is 0 Å². The molecule has 8 heteroatoms. The Labute approximate surface area is 182 Å². The molecule has 2 rings (SSSR count). The lowest BCUT2D eigenvalue weighted by molar-refractivity contribution is -0.114. The fraction of sp³-hybridized carbons (Fsp3) is 0.300. The number of nitrogens with zero attached hydrogens (tertiary/aromatic N) is 2. The maximum absolute atomic E-state index is 12.9. The number of aliphatic imine (C=N–C) groups is 1. The van der Waals surface area contributed by atoms with Gasteiger partial charge in [-0.25, -0.2) is 9.38 Å². The molecule has 0 bridgehead atoms. The molecule has 152 valence electrons. The highest BCUT2D eigenvalue weighted by molar-refractivity contribution is 14.0. The van der Waals surface area contributed by atoms with Crippen molar-refractivity contribution in [3.8, 4) is 5.75 Å². The predicted molar refractivity (Wildman–Crippen MR) is 121 cm³/mol. The van der Waals surface area contributed by atoms with E-state index in [0.29, 0.717) is 24.7 Å². The molecule has 0 saturated heterocycles. The van der Waals surface area contributed by atoms with Crippen molar-refractivity contribution in [2.75, 3.05) is 32.6 Å². The third-order valence-electron chi connectivity index (χ3n) is 3.78. The first-order valence-electron chi connectivity index (χ1n) is 8.69. The Kier molecular flexibility index (Phi) is 10.3. The Morgan fingerprint density at radius 2 is 1.79 bits per heavy atom. The summed E-state index contributed by atoms with van der Waals surface area (Å²) < 4.78 is 18.1. The third kappa shape index (κ3) is 7.71. The first-order chi connectivity index (χ1) is 13.0. The van der Waals surface area contributed by atoms with Gasteiger partial charge in [0.15, 0.2) is 5.96 Å². The average molecular weight is 500 g/mol. The molecule has 0 radical (unpaired) electrons. The van der Waals surface area contributed by atoms with E-state index in [2.05, 4.69) is 15.6 Å². The maximum Gasteiger partial charge on any atom is 0.246 e. The van der Waals surface area contributed by atoms with Gasteiger partial charge in [0.2, 0.25) is 5.91 Å². The minimum atomic E-state index is -0.347. The minimum absolute atomic E-state index is 0. The molecule has 0 saturated carbocycles. The van der Waals surface area contributed by atoms with Gasteiger partial charge in [-0.3, -0.25) is 4.79 Å². The molecule has 0 aliphatic heterocycles. The van der Waals surface area contributed by atoms with Crippen LogP contribution in [-0.4, -0.2) is 44.0 Å². The number of hydrogen-bond acceptors (Lipinski definition) is 3. The summed E-state index contributed by atoms with van der Waals surface area (Å²) in [6.07, 6.45) is 0. The Bertz CT molecular complexity index is 767. The summed E-state index contributed by atoms with van der Waals surface area (Å²) in [6.45, 7) is 3.25. The number of guanidine groups is 1. The summed E-state index contributed by atoms with van der Waals surface area (Å²) in [5, 5.41) is 5.87. The monoisotopic (exact) mass is 500 g/mol. The molecule has 6 nitrogen and oxygen atoms in total. The fourth-order valence-electron chi connectivity index (χ4n) is 2.43. The van der Waals surface area contributed by atoms with E-state index in [1.165, 1.54) is 24.3 Å². The van der Waals surface area contributed by atoms with E-state index in [4.69, 9.17) is 4.74 Å². The number of rotatable bonds is 7. The topological polar surface area (TPSA) is 66.0 Å². The standard InChI is InChI=1S/C20H25FN4O2.HI/c1-4-22-20(25(2)14-15-5-11-18(27-3)12-6-15)23-13-19(26)24-17-9-7-16(21)8-10-17;/h5-12H,4,13-14H2,1-3H3,(H,22,23)(H,24,26);1H. The van der Waals surface area contributed by atoms with E-state index in [0.717, 1.165) is 11.3 Å². The van der Waals surface area contributed by atoms with Crippen molar-refractivity contribution in [2.24, 2.45) is 4.99 Å². The fourth-order valence-corrected chi connectivity index (χ4v) is 2.43. The van der Waals surface area contributed by atoms with Crippen molar-refractivity contribution in [2.45, 2.75) is 13.5 Å². The number of anilines is 1. The highest BCUT2D eigenvalue weighted by atomic mass is 127. The van der Waals surface area contributed by atoms with Crippen molar-refractivity contribution < 1.29 is 13.9 Å². The molecule has 0 atom stereocenters. The minimum Gasteiger partial charge on any atom is -0.497 e. The number of hydrogen-bond donors (Lipinski definition) is 2. The summed E-state index contributed by atoms with van der Waals surface area (Å²) in [4.78, 5) is 18.4. The van der Waals surface area contributed by atoms with Gasteiger partial charge in [0.05, 0.1) is 7.11 Å². The lowest BCUT2D eigenvalue weighted by Gasteiger charge is -2.22. The molecular weight excluding hydrogens is 474 g/mol. The van der Waals surface area contributed by atoms with Crippen molar-refractivity contribution in [1.29, 1.82) is 0 Å². The number of ether oxygens (including phenoxy) is 1. The summed E-state index contributed by atoms with van der Waals surface area (Å²) in [5.41, 5.74) is 1.63. The molecule has 0 fully saturated rings. The molecule has 1 amide bonds. The summed E-state index contributed by atoms with van der Waals surface area (Å²) in [5.74, 6) is 0.817. The van der Waals surface area contributed by atoms with Crippen LogP contribution in [0.5, 0.6) is 5.75 Å². The van der Waals surface area contributed by atoms with Gasteiger partial charge in [-0.05, 0) is 48.9 Å². The van der Waals surface area contributed by atoms with Gasteiger partial charge in [-0.15, -0.1) is 24.0 Å². The van der Waals surface area contributed by atoms with Gasteiger partial charge in [0.1, 0.15) is 18.1 Å². The lowest BCUT2D eigenvalue weighted by Crippen LogP contribution is -2.39. The van der Waals surface area contributed by atoms with Crippen LogP contribution in [0, 0.1) is 5.82 Å². The normalized spacial score (nSPS) is 10.6. The number of methoxy groups -OCH3 is 1. The average Bonchev–Trinajstić information content (AvgIpc) is 2.67. The van der Waals surface area contributed by atoms with Gasteiger partial charge in [-0.1, -0.05) is 12.1 Å². The van der Waals surface area contributed by atoms with Crippen molar-refractivity contribution in [3.05, 3.63) is 59.9 Å². The first-order valence-corrected chi connectivity index (χ1v) is 8.69. The molecule has 0 heterocycles. The van der Waals surface area contributed by atoms with E-state index in [1.54, 1.807) is 7.11 Å². The predicted octanol–water partition coefficient (Wildman–Crippen LogP) is 3.49. The zero-order chi connectivity index (χ0) is 19.6. The van der Waals surface area contributed by atoms with Crippen LogP contribution >= 0.6 is 24.0 Å². The molecule has 2 N–H and O–H groups in total. The molecule has 0 unspecified atom stereocenters. The Hall–Kier alpha value is -2.36. The Morgan fingerprint density at radius 1 is 1.14 bits per heavy atom. The lowest BCUT2D eigenvalue weighted by atomic mass is 10.2. The van der Waals surface area contributed by atoms with Crippen LogP contribution in [0.3, 0.4) is 0 Å². The van der Waals surface area contributed by atoms with Crippen LogP contribution in [0.2, 0.25) is 0 Å². The van der Waals surface area contributed by atoms with Crippen molar-refractivity contribution in [3.63, 3.8) is 0 Å². The van der Waals surface area contributed by atoms with Crippen molar-refractivity contribution >= 4 is 41.5 Å². The van der Waals surface area contributed by atoms with Crippen LogP contribution in [-0.2, 0) is 11.3 Å². The maximum atomic E-state index is 12.9. The number of halogens is 2. The molecule has 28 heavy (non-hydrogen) atoms. The van der Waals surface area contributed by atoms with Gasteiger partial charge in [-0.2, -0.15) is 0 Å². The second kappa shape index (κ2) is 12.2. The van der Waals surface area contributed by atoms with Gasteiger partial charge >= 0.3 is 0 Å². The molecule has 0 aliphatic rings. The van der Waals surface area contributed by atoms with Crippen LogP contribution < -0.4 is 15.4 Å². The second-order valence-corrected chi connectivity index (χ2v) is 5.93. The molecule has 2 aromatic carbocycles. The van der Waals surface area contributed by atoms with Crippen LogP contribution in [0.25, 0.3) is 0 Å². The first kappa shape index (κ1) is 23.7. The second-order valence-electron chi connectivity index (χ2n) is 5.93. The molecular formula is C20H26FIN4O2. The van der Waals surface area contributed by atoms with Crippen molar-refractivity contribution in [1.82, 2.24) is 10.2 Å². The summed E-state index contributed by atoms with van der Waals surface area (Å²) in [6, 6.07) is 13.4. The zero-order valence-electron chi connectivity index (χ0n) is 16.2. The number of benzene rings is 2. The van der Waals surface area contributed by atoms with Gasteiger partial charge in [0.25, 0.3) is 0 Å². The summed E-state index contributed by atoms with van der Waals surface area (Å²) >= 11 is 0.